The SMILES string of the molecule is O=C1CCC(c2ccc(N3CCC(C(=O)N4CCN(C(=O)O)CC4)CC3)nc2)C(=O)N1. The van der Waals surface area contributed by atoms with Crippen LogP contribution < -0.4 is 10.2 Å². The summed E-state index contributed by atoms with van der Waals surface area (Å²) in [5.41, 5.74) is 0.805. The number of rotatable bonds is 3. The minimum atomic E-state index is -0.934. The number of piperazine rings is 1. The normalized spacial score (nSPS) is 23.0. The molecule has 0 radical (unpaired) electrons. The van der Waals surface area contributed by atoms with Crippen molar-refractivity contribution in [2.75, 3.05) is 44.2 Å². The summed E-state index contributed by atoms with van der Waals surface area (Å²) in [5, 5.41) is 11.4. The first-order valence-electron chi connectivity index (χ1n) is 10.7. The molecule has 2 N–H and O–H groups in total. The van der Waals surface area contributed by atoms with Crippen LogP contribution in [0.25, 0.3) is 0 Å². The lowest BCUT2D eigenvalue weighted by Crippen LogP contribution is -2.52. The van der Waals surface area contributed by atoms with Gasteiger partial charge in [0.25, 0.3) is 0 Å². The van der Waals surface area contributed by atoms with Gasteiger partial charge in [-0.3, -0.25) is 19.7 Å². The van der Waals surface area contributed by atoms with Crippen molar-refractivity contribution >= 4 is 29.6 Å². The largest absolute Gasteiger partial charge is 0.465 e. The monoisotopic (exact) mass is 429 g/mol. The fraction of sp³-hybridized carbons (Fsp3) is 0.571. The second-order valence-electron chi connectivity index (χ2n) is 8.31. The number of hydrogen-bond acceptors (Lipinski definition) is 6. The Morgan fingerprint density at radius 3 is 2.23 bits per heavy atom. The number of nitrogens with one attached hydrogen (secondary N) is 1. The highest BCUT2D eigenvalue weighted by atomic mass is 16.4. The molecule has 0 aliphatic carbocycles. The van der Waals surface area contributed by atoms with Gasteiger partial charge >= 0.3 is 6.09 Å². The molecular weight excluding hydrogens is 402 g/mol. The van der Waals surface area contributed by atoms with Crippen molar-refractivity contribution in [3.8, 4) is 0 Å². The highest BCUT2D eigenvalue weighted by molar-refractivity contribution is 6.00. The molecule has 3 aliphatic rings. The molecule has 3 fully saturated rings. The van der Waals surface area contributed by atoms with Crippen molar-refractivity contribution in [3.63, 3.8) is 0 Å². The molecule has 0 bridgehead atoms. The number of carbonyl (C=O) groups excluding carboxylic acids is 3. The Balaban J connectivity index is 1.29. The molecule has 0 spiro atoms. The lowest BCUT2D eigenvalue weighted by atomic mass is 9.91. The Kier molecular flexibility index (Phi) is 6.06. The zero-order valence-electron chi connectivity index (χ0n) is 17.3. The van der Waals surface area contributed by atoms with Crippen LogP contribution in [0.1, 0.15) is 37.2 Å². The highest BCUT2D eigenvalue weighted by Crippen LogP contribution is 2.27. The van der Waals surface area contributed by atoms with Crippen molar-refractivity contribution in [2.24, 2.45) is 5.92 Å². The number of pyridine rings is 1. The Labute approximate surface area is 180 Å². The van der Waals surface area contributed by atoms with Crippen molar-refractivity contribution < 1.29 is 24.3 Å². The zero-order valence-corrected chi connectivity index (χ0v) is 17.3. The first-order chi connectivity index (χ1) is 14.9. The predicted molar refractivity (Wildman–Crippen MR) is 110 cm³/mol. The molecule has 3 saturated heterocycles. The second kappa shape index (κ2) is 8.91. The van der Waals surface area contributed by atoms with Crippen LogP contribution in [0.15, 0.2) is 18.3 Å². The van der Waals surface area contributed by atoms with Crippen molar-refractivity contribution in [1.82, 2.24) is 20.1 Å². The number of amides is 4. The van der Waals surface area contributed by atoms with Crippen LogP contribution in [0.5, 0.6) is 0 Å². The summed E-state index contributed by atoms with van der Waals surface area (Å²) in [4.78, 5) is 57.0. The molecule has 4 rings (SSSR count). The van der Waals surface area contributed by atoms with E-state index in [0.717, 1.165) is 37.3 Å². The van der Waals surface area contributed by atoms with E-state index in [1.807, 2.05) is 12.1 Å². The third-order valence-electron chi connectivity index (χ3n) is 6.44. The first kappa shape index (κ1) is 21.1. The topological polar surface area (TPSA) is 123 Å². The van der Waals surface area contributed by atoms with E-state index in [0.29, 0.717) is 39.0 Å². The summed E-state index contributed by atoms with van der Waals surface area (Å²) in [6.07, 6.45) is 3.07. The number of carbonyl (C=O) groups is 4. The average molecular weight is 429 g/mol. The minimum Gasteiger partial charge on any atom is -0.465 e. The fourth-order valence-corrected chi connectivity index (χ4v) is 4.53. The number of hydrogen-bond donors (Lipinski definition) is 2. The van der Waals surface area contributed by atoms with Crippen LogP contribution in [-0.4, -0.2) is 83.0 Å². The molecule has 1 atom stereocenters. The molecule has 1 unspecified atom stereocenters. The van der Waals surface area contributed by atoms with Gasteiger partial charge in [-0.25, -0.2) is 9.78 Å². The van der Waals surface area contributed by atoms with Crippen LogP contribution in [0.2, 0.25) is 0 Å². The third-order valence-corrected chi connectivity index (χ3v) is 6.44. The Morgan fingerprint density at radius 1 is 0.968 bits per heavy atom. The molecule has 3 aliphatic heterocycles. The molecule has 1 aromatic heterocycles. The molecule has 31 heavy (non-hydrogen) atoms. The summed E-state index contributed by atoms with van der Waals surface area (Å²) in [5.74, 6) is 0.0452. The van der Waals surface area contributed by atoms with E-state index in [9.17, 15) is 19.2 Å². The lowest BCUT2D eigenvalue weighted by Gasteiger charge is -2.38. The molecule has 10 nitrogen and oxygen atoms in total. The molecular formula is C21H27N5O5. The van der Waals surface area contributed by atoms with E-state index < -0.39 is 6.09 Å². The molecule has 4 heterocycles. The van der Waals surface area contributed by atoms with Gasteiger partial charge in [-0.1, -0.05) is 6.07 Å². The number of aromatic nitrogens is 1. The maximum Gasteiger partial charge on any atom is 0.407 e. The average Bonchev–Trinajstić information content (AvgIpc) is 2.79. The zero-order chi connectivity index (χ0) is 22.0. The molecule has 0 saturated carbocycles. The highest BCUT2D eigenvalue weighted by Gasteiger charge is 2.32. The summed E-state index contributed by atoms with van der Waals surface area (Å²) >= 11 is 0. The van der Waals surface area contributed by atoms with Crippen molar-refractivity contribution in [2.45, 2.75) is 31.6 Å². The summed E-state index contributed by atoms with van der Waals surface area (Å²) in [7, 11) is 0. The number of anilines is 1. The molecule has 0 aromatic carbocycles. The fourth-order valence-electron chi connectivity index (χ4n) is 4.53. The molecule has 1 aromatic rings. The van der Waals surface area contributed by atoms with Crippen LogP contribution >= 0.6 is 0 Å². The van der Waals surface area contributed by atoms with Gasteiger partial charge in [-0.2, -0.15) is 0 Å². The minimum absolute atomic E-state index is 0.0460. The Bertz CT molecular complexity index is 857. The Morgan fingerprint density at radius 2 is 1.65 bits per heavy atom. The standard InChI is InChI=1S/C21H27N5O5/c27-18-4-2-16(19(28)23-18)15-1-3-17(22-13-15)24-7-5-14(6-8-24)20(29)25-9-11-26(12-10-25)21(30)31/h1,3,13-14,16H,2,4-12H2,(H,30,31)(H,23,27,28). The van der Waals surface area contributed by atoms with E-state index in [1.54, 1.807) is 11.1 Å². The number of nitrogens with zero attached hydrogens (tertiary/aromatic N) is 4. The molecule has 166 valence electrons. The second-order valence-corrected chi connectivity index (χ2v) is 8.31. The predicted octanol–water partition coefficient (Wildman–Crippen LogP) is 0.640. The number of imide groups is 1. The number of carboxylic acid groups (broad SMARTS) is 1. The van der Waals surface area contributed by atoms with Gasteiger partial charge < -0.3 is 19.8 Å². The quantitative estimate of drug-likeness (QED) is 0.676. The smallest absolute Gasteiger partial charge is 0.407 e. The van der Waals surface area contributed by atoms with Gasteiger partial charge in [0.15, 0.2) is 0 Å². The first-order valence-corrected chi connectivity index (χ1v) is 10.7. The summed E-state index contributed by atoms with van der Waals surface area (Å²) in [6, 6.07) is 3.79. The van der Waals surface area contributed by atoms with Crippen LogP contribution in [-0.2, 0) is 14.4 Å². The summed E-state index contributed by atoms with van der Waals surface area (Å²) < 4.78 is 0. The van der Waals surface area contributed by atoms with Gasteiger partial charge in [0, 0.05) is 57.8 Å². The van der Waals surface area contributed by atoms with E-state index in [-0.39, 0.29) is 29.6 Å². The number of piperidine rings is 2. The molecule has 10 heteroatoms. The van der Waals surface area contributed by atoms with Crippen molar-refractivity contribution in [3.05, 3.63) is 23.9 Å². The van der Waals surface area contributed by atoms with Gasteiger partial charge in [0.1, 0.15) is 5.82 Å². The van der Waals surface area contributed by atoms with E-state index in [1.165, 1.54) is 4.90 Å². The van der Waals surface area contributed by atoms with Crippen molar-refractivity contribution in [1.29, 1.82) is 0 Å². The molecule has 4 amide bonds. The maximum atomic E-state index is 12.8. The lowest BCUT2D eigenvalue weighted by molar-refractivity contribution is -0.138. The van der Waals surface area contributed by atoms with Crippen LogP contribution in [0.4, 0.5) is 10.6 Å². The third kappa shape index (κ3) is 4.62. The van der Waals surface area contributed by atoms with Gasteiger partial charge in [-0.05, 0) is 30.9 Å². The van der Waals surface area contributed by atoms with E-state index in [2.05, 4.69) is 15.2 Å². The van der Waals surface area contributed by atoms with Crippen LogP contribution in [0.3, 0.4) is 0 Å². The van der Waals surface area contributed by atoms with Gasteiger partial charge in [-0.15, -0.1) is 0 Å². The Hall–Kier alpha value is -3.17. The summed E-state index contributed by atoms with van der Waals surface area (Å²) in [6.45, 7) is 3.07. The van der Waals surface area contributed by atoms with Crippen LogP contribution in [0, 0.1) is 5.92 Å². The van der Waals surface area contributed by atoms with E-state index in [4.69, 9.17) is 5.11 Å². The van der Waals surface area contributed by atoms with E-state index >= 15 is 0 Å². The maximum absolute atomic E-state index is 12.8. The van der Waals surface area contributed by atoms with Gasteiger partial charge in [0.2, 0.25) is 17.7 Å². The van der Waals surface area contributed by atoms with Gasteiger partial charge in [0.05, 0.1) is 5.92 Å².